The van der Waals surface area contributed by atoms with Gasteiger partial charge in [0.05, 0.1) is 17.0 Å². The second-order valence-electron chi connectivity index (χ2n) is 6.44. The molecule has 0 aromatic carbocycles. The summed E-state index contributed by atoms with van der Waals surface area (Å²) in [6, 6.07) is 0. The summed E-state index contributed by atoms with van der Waals surface area (Å²) >= 11 is 0. The molecule has 0 N–H and O–H groups in total. The van der Waals surface area contributed by atoms with Crippen molar-refractivity contribution in [2.45, 2.75) is 94.0 Å². The Bertz CT molecular complexity index is 175. The third-order valence-corrected chi connectivity index (χ3v) is 10.0. The molecule has 102 valence electrons. The summed E-state index contributed by atoms with van der Waals surface area (Å²) in [5.74, 6) is 0. The fourth-order valence-corrected chi connectivity index (χ4v) is 10.0. The molecule has 3 aliphatic rings. The SMILES string of the molecule is C1CCC([PH+](C2CCCC2)C2CCCC2)C1.[Pd]. The minimum atomic E-state index is 0. The molecule has 0 unspecified atom stereocenters. The Morgan fingerprint density at radius 2 is 0.706 bits per heavy atom. The molecule has 17 heavy (non-hydrogen) atoms. The van der Waals surface area contributed by atoms with E-state index in [0.717, 1.165) is 0 Å². The summed E-state index contributed by atoms with van der Waals surface area (Å²) in [6.07, 6.45) is 19.2. The second-order valence-corrected chi connectivity index (χ2v) is 9.89. The van der Waals surface area contributed by atoms with Gasteiger partial charge in [-0.05, 0) is 77.0 Å². The van der Waals surface area contributed by atoms with Crippen molar-refractivity contribution in [1.82, 2.24) is 0 Å². The first-order valence-corrected chi connectivity index (χ1v) is 9.55. The van der Waals surface area contributed by atoms with Crippen LogP contribution in [0, 0.1) is 0 Å². The molecule has 0 amide bonds. The van der Waals surface area contributed by atoms with Crippen LogP contribution in [0.15, 0.2) is 0 Å². The first kappa shape index (κ1) is 14.5. The Morgan fingerprint density at radius 1 is 0.471 bits per heavy atom. The molecule has 0 atom stereocenters. The van der Waals surface area contributed by atoms with Gasteiger partial charge in [-0.3, -0.25) is 0 Å². The molecule has 3 fully saturated rings. The average molecular weight is 346 g/mol. The maximum absolute atomic E-state index is 1.63. The first-order valence-electron chi connectivity index (χ1n) is 7.82. The third-order valence-electron chi connectivity index (χ3n) is 5.48. The van der Waals surface area contributed by atoms with Crippen LogP contribution in [0.25, 0.3) is 0 Å². The van der Waals surface area contributed by atoms with Crippen LogP contribution in [0.4, 0.5) is 0 Å². The fourth-order valence-electron chi connectivity index (χ4n) is 4.78. The number of hydrogen-bond donors (Lipinski definition) is 0. The monoisotopic (exact) mass is 345 g/mol. The van der Waals surface area contributed by atoms with E-state index in [9.17, 15) is 0 Å². The van der Waals surface area contributed by atoms with Crippen molar-refractivity contribution in [2.24, 2.45) is 0 Å². The zero-order valence-electron chi connectivity index (χ0n) is 11.0. The van der Waals surface area contributed by atoms with Crippen molar-refractivity contribution in [1.29, 1.82) is 0 Å². The Morgan fingerprint density at radius 3 is 0.941 bits per heavy atom. The second kappa shape index (κ2) is 7.03. The fraction of sp³-hybridized carbons (Fsp3) is 1.00. The molecule has 0 heterocycles. The van der Waals surface area contributed by atoms with E-state index in [2.05, 4.69) is 0 Å². The van der Waals surface area contributed by atoms with Gasteiger partial charge in [0.2, 0.25) is 0 Å². The van der Waals surface area contributed by atoms with Gasteiger partial charge >= 0.3 is 0 Å². The molecule has 3 rings (SSSR count). The standard InChI is InChI=1S/C15H27P.Pd/c1-2-8-13(7-1)16(14-9-3-4-10-14)15-11-5-6-12-15;/h13-15H,1-12H2;/p+1. The van der Waals surface area contributed by atoms with Crippen LogP contribution in [-0.2, 0) is 20.4 Å². The predicted molar refractivity (Wildman–Crippen MR) is 75.1 cm³/mol. The summed E-state index contributed by atoms with van der Waals surface area (Å²) in [5.41, 5.74) is 3.74. The van der Waals surface area contributed by atoms with Crippen molar-refractivity contribution in [3.8, 4) is 0 Å². The van der Waals surface area contributed by atoms with E-state index in [0.29, 0.717) is 0 Å². The first-order chi connectivity index (χ1) is 7.95. The van der Waals surface area contributed by atoms with Crippen LogP contribution in [-0.4, -0.2) is 17.0 Å². The van der Waals surface area contributed by atoms with Gasteiger partial charge in [-0.2, -0.15) is 0 Å². The van der Waals surface area contributed by atoms with Gasteiger partial charge in [-0.15, -0.1) is 0 Å². The van der Waals surface area contributed by atoms with Crippen molar-refractivity contribution >= 4 is 7.92 Å². The van der Waals surface area contributed by atoms with Crippen LogP contribution in [0.5, 0.6) is 0 Å². The molecule has 0 saturated heterocycles. The molecule has 0 nitrogen and oxygen atoms in total. The Hall–Kier alpha value is 1.09. The molecule has 0 aliphatic heterocycles. The van der Waals surface area contributed by atoms with E-state index in [-0.39, 0.29) is 28.3 Å². The normalized spacial score (nSPS) is 28.1. The van der Waals surface area contributed by atoms with Gasteiger partial charge < -0.3 is 0 Å². The van der Waals surface area contributed by atoms with Crippen molar-refractivity contribution < 1.29 is 20.4 Å². The smallest absolute Gasteiger partial charge is 0.0494 e. The predicted octanol–water partition coefficient (Wildman–Crippen LogP) is 5.03. The van der Waals surface area contributed by atoms with Crippen molar-refractivity contribution in [3.05, 3.63) is 0 Å². The van der Waals surface area contributed by atoms with Gasteiger partial charge in [0.15, 0.2) is 0 Å². The Labute approximate surface area is 122 Å². The molecular formula is C15H28PPd+. The molecule has 0 aromatic rings. The Kier molecular flexibility index (Phi) is 6.00. The topological polar surface area (TPSA) is 0 Å². The molecule has 0 bridgehead atoms. The summed E-state index contributed by atoms with van der Waals surface area (Å²) in [7, 11) is 0.0224. The van der Waals surface area contributed by atoms with E-state index in [1.165, 1.54) is 17.0 Å². The van der Waals surface area contributed by atoms with Gasteiger partial charge in [0.25, 0.3) is 0 Å². The van der Waals surface area contributed by atoms with Gasteiger partial charge in [-0.25, -0.2) is 0 Å². The van der Waals surface area contributed by atoms with Crippen LogP contribution < -0.4 is 0 Å². The molecular weight excluding hydrogens is 318 g/mol. The molecule has 0 radical (unpaired) electrons. The van der Waals surface area contributed by atoms with E-state index in [4.69, 9.17) is 0 Å². The zero-order valence-corrected chi connectivity index (χ0v) is 13.6. The molecule has 2 heteroatoms. The summed E-state index contributed by atoms with van der Waals surface area (Å²) in [6.45, 7) is 0. The summed E-state index contributed by atoms with van der Waals surface area (Å²) in [5, 5.41) is 0. The van der Waals surface area contributed by atoms with Crippen molar-refractivity contribution in [2.75, 3.05) is 0 Å². The van der Waals surface area contributed by atoms with E-state index >= 15 is 0 Å². The molecule has 3 saturated carbocycles. The molecule has 3 aliphatic carbocycles. The van der Waals surface area contributed by atoms with Crippen LogP contribution in [0.2, 0.25) is 0 Å². The number of rotatable bonds is 3. The molecule has 0 spiro atoms. The van der Waals surface area contributed by atoms with Gasteiger partial charge in [0, 0.05) is 28.3 Å². The zero-order chi connectivity index (χ0) is 10.8. The van der Waals surface area contributed by atoms with Gasteiger partial charge in [-0.1, -0.05) is 0 Å². The van der Waals surface area contributed by atoms with Gasteiger partial charge in [0.1, 0.15) is 0 Å². The maximum atomic E-state index is 1.63. The van der Waals surface area contributed by atoms with E-state index in [1.807, 2.05) is 0 Å². The Balaban J connectivity index is 0.00000108. The quantitative estimate of drug-likeness (QED) is 0.497. The van der Waals surface area contributed by atoms with E-state index in [1.54, 1.807) is 77.0 Å². The van der Waals surface area contributed by atoms with Crippen LogP contribution in [0.3, 0.4) is 0 Å². The largest absolute Gasteiger partial charge is 0.0680 e. The number of hydrogen-bond acceptors (Lipinski definition) is 0. The maximum Gasteiger partial charge on any atom is 0.0680 e. The third kappa shape index (κ3) is 3.35. The minimum Gasteiger partial charge on any atom is -0.0494 e. The van der Waals surface area contributed by atoms with Crippen LogP contribution in [0.1, 0.15) is 77.0 Å². The van der Waals surface area contributed by atoms with Crippen molar-refractivity contribution in [3.63, 3.8) is 0 Å². The minimum absolute atomic E-state index is 0. The van der Waals surface area contributed by atoms with E-state index < -0.39 is 0 Å². The average Bonchev–Trinajstić information content (AvgIpc) is 3.02. The molecule has 0 aromatic heterocycles. The van der Waals surface area contributed by atoms with Crippen LogP contribution >= 0.6 is 7.92 Å². The summed E-state index contributed by atoms with van der Waals surface area (Å²) < 4.78 is 0. The summed E-state index contributed by atoms with van der Waals surface area (Å²) in [4.78, 5) is 0.